The van der Waals surface area contributed by atoms with Crippen LogP contribution >= 0.6 is 0 Å². The summed E-state index contributed by atoms with van der Waals surface area (Å²) < 4.78 is 0. The minimum atomic E-state index is 0.597. The van der Waals surface area contributed by atoms with Crippen LogP contribution in [-0.4, -0.2) is 6.04 Å². The Kier molecular flexibility index (Phi) is 4.66. The molecule has 2 nitrogen and oxygen atoms in total. The summed E-state index contributed by atoms with van der Waals surface area (Å²) in [6.07, 6.45) is 12.7. The van der Waals surface area contributed by atoms with Crippen molar-refractivity contribution in [1.29, 1.82) is 0 Å². The quantitative estimate of drug-likeness (QED) is 0.556. The van der Waals surface area contributed by atoms with E-state index in [1.54, 1.807) is 0 Å². The fraction of sp³-hybridized carbons (Fsp3) is 1.00. The van der Waals surface area contributed by atoms with E-state index in [9.17, 15) is 0 Å². The van der Waals surface area contributed by atoms with Crippen molar-refractivity contribution in [3.63, 3.8) is 0 Å². The van der Waals surface area contributed by atoms with Crippen LogP contribution in [0.3, 0.4) is 0 Å². The topological polar surface area (TPSA) is 38.0 Å². The van der Waals surface area contributed by atoms with E-state index in [2.05, 4.69) is 12.3 Å². The molecule has 0 amide bonds. The first-order valence-electron chi connectivity index (χ1n) is 7.29. The van der Waals surface area contributed by atoms with Crippen LogP contribution in [0.5, 0.6) is 0 Å². The predicted octanol–water partition coefficient (Wildman–Crippen LogP) is 3.22. The lowest BCUT2D eigenvalue weighted by atomic mass is 9.88. The van der Waals surface area contributed by atoms with Gasteiger partial charge >= 0.3 is 0 Å². The minimum Gasteiger partial charge on any atom is -0.271 e. The Hall–Kier alpha value is -0.0800. The molecular weight excluding hydrogens is 196 g/mol. The second-order valence-electron chi connectivity index (χ2n) is 6.01. The first kappa shape index (κ1) is 12.4. The summed E-state index contributed by atoms with van der Waals surface area (Å²) in [5.74, 6) is 8.56. The van der Waals surface area contributed by atoms with Crippen LogP contribution in [0, 0.1) is 17.8 Å². The number of hydrogen-bond acceptors (Lipinski definition) is 2. The van der Waals surface area contributed by atoms with E-state index in [1.807, 2.05) is 0 Å². The molecule has 0 bridgehead atoms. The molecule has 3 unspecified atom stereocenters. The zero-order valence-electron chi connectivity index (χ0n) is 10.8. The number of rotatable bonds is 5. The van der Waals surface area contributed by atoms with Crippen LogP contribution in [0.4, 0.5) is 0 Å². The number of hydrazine groups is 1. The molecule has 0 aromatic rings. The van der Waals surface area contributed by atoms with E-state index in [4.69, 9.17) is 5.84 Å². The van der Waals surface area contributed by atoms with E-state index in [1.165, 1.54) is 57.8 Å². The normalized spacial score (nSPS) is 33.4. The molecule has 3 N–H and O–H groups in total. The SMILES string of the molecule is CCC1CCC(C(CC2CCCC2)NN)C1. The maximum absolute atomic E-state index is 5.77. The standard InChI is InChI=1S/C14H28N2/c1-2-11-7-8-13(9-11)14(16-15)10-12-5-3-4-6-12/h11-14,16H,2-10,15H2,1H3. The molecule has 2 aliphatic rings. The van der Waals surface area contributed by atoms with Gasteiger partial charge in [-0.2, -0.15) is 0 Å². The van der Waals surface area contributed by atoms with Gasteiger partial charge in [0.1, 0.15) is 0 Å². The lowest BCUT2D eigenvalue weighted by molar-refractivity contribution is 0.290. The van der Waals surface area contributed by atoms with Crippen LogP contribution in [0.25, 0.3) is 0 Å². The molecule has 2 aliphatic carbocycles. The molecule has 16 heavy (non-hydrogen) atoms. The van der Waals surface area contributed by atoms with Gasteiger partial charge in [0.25, 0.3) is 0 Å². The van der Waals surface area contributed by atoms with Crippen molar-refractivity contribution in [3.8, 4) is 0 Å². The van der Waals surface area contributed by atoms with Crippen LogP contribution in [0.2, 0.25) is 0 Å². The number of nitrogens with one attached hydrogen (secondary N) is 1. The van der Waals surface area contributed by atoms with Crippen molar-refractivity contribution in [2.24, 2.45) is 23.6 Å². The van der Waals surface area contributed by atoms with E-state index >= 15 is 0 Å². The summed E-state index contributed by atoms with van der Waals surface area (Å²) in [5.41, 5.74) is 3.12. The molecular formula is C14H28N2. The maximum atomic E-state index is 5.77. The van der Waals surface area contributed by atoms with Crippen LogP contribution < -0.4 is 11.3 Å². The maximum Gasteiger partial charge on any atom is 0.0241 e. The Morgan fingerprint density at radius 3 is 2.44 bits per heavy atom. The summed E-state index contributed by atoms with van der Waals surface area (Å²) in [7, 11) is 0. The summed E-state index contributed by atoms with van der Waals surface area (Å²) >= 11 is 0. The molecule has 0 aromatic carbocycles. The third kappa shape index (κ3) is 2.98. The van der Waals surface area contributed by atoms with Crippen molar-refractivity contribution in [1.82, 2.24) is 5.43 Å². The highest BCUT2D eigenvalue weighted by atomic mass is 15.2. The molecule has 0 saturated heterocycles. The highest BCUT2D eigenvalue weighted by molar-refractivity contribution is 4.85. The van der Waals surface area contributed by atoms with Crippen molar-refractivity contribution in [2.75, 3.05) is 0 Å². The van der Waals surface area contributed by atoms with Crippen molar-refractivity contribution in [3.05, 3.63) is 0 Å². The van der Waals surface area contributed by atoms with Crippen LogP contribution in [0.15, 0.2) is 0 Å². The van der Waals surface area contributed by atoms with E-state index < -0.39 is 0 Å². The molecule has 0 spiro atoms. The van der Waals surface area contributed by atoms with Gasteiger partial charge in [0.2, 0.25) is 0 Å². The van der Waals surface area contributed by atoms with Gasteiger partial charge in [-0.05, 0) is 37.0 Å². The molecule has 0 aromatic heterocycles. The molecule has 94 valence electrons. The summed E-state index contributed by atoms with van der Waals surface area (Å²) in [6.45, 7) is 2.33. The fourth-order valence-electron chi connectivity index (χ4n) is 3.85. The zero-order chi connectivity index (χ0) is 11.4. The van der Waals surface area contributed by atoms with E-state index in [0.29, 0.717) is 6.04 Å². The molecule has 2 heteroatoms. The minimum absolute atomic E-state index is 0.597. The lowest BCUT2D eigenvalue weighted by Gasteiger charge is -2.25. The Morgan fingerprint density at radius 1 is 1.12 bits per heavy atom. The molecule has 0 heterocycles. The third-order valence-electron chi connectivity index (χ3n) is 5.00. The van der Waals surface area contributed by atoms with Gasteiger partial charge in [0, 0.05) is 6.04 Å². The summed E-state index contributed by atoms with van der Waals surface area (Å²) in [6, 6.07) is 0.597. The van der Waals surface area contributed by atoms with Gasteiger partial charge in [0.05, 0.1) is 0 Å². The predicted molar refractivity (Wildman–Crippen MR) is 68.8 cm³/mol. The highest BCUT2D eigenvalue weighted by Gasteiger charge is 2.31. The molecule has 0 radical (unpaired) electrons. The van der Waals surface area contributed by atoms with E-state index in [0.717, 1.165) is 17.8 Å². The summed E-state index contributed by atoms with van der Waals surface area (Å²) in [5, 5.41) is 0. The Bertz CT molecular complexity index is 199. The van der Waals surface area contributed by atoms with Gasteiger partial charge in [-0.3, -0.25) is 11.3 Å². The fourth-order valence-corrected chi connectivity index (χ4v) is 3.85. The van der Waals surface area contributed by atoms with E-state index in [-0.39, 0.29) is 0 Å². The Labute approximate surface area is 100 Å². The van der Waals surface area contributed by atoms with Gasteiger partial charge in [-0.15, -0.1) is 0 Å². The lowest BCUT2D eigenvalue weighted by Crippen LogP contribution is -2.41. The molecule has 0 aliphatic heterocycles. The van der Waals surface area contributed by atoms with Gasteiger partial charge in [-0.25, -0.2) is 0 Å². The zero-order valence-corrected chi connectivity index (χ0v) is 10.8. The van der Waals surface area contributed by atoms with Gasteiger partial charge < -0.3 is 0 Å². The Morgan fingerprint density at radius 2 is 1.88 bits per heavy atom. The second kappa shape index (κ2) is 6.02. The van der Waals surface area contributed by atoms with Gasteiger partial charge in [0.15, 0.2) is 0 Å². The number of hydrogen-bond donors (Lipinski definition) is 2. The monoisotopic (exact) mass is 224 g/mol. The van der Waals surface area contributed by atoms with Crippen LogP contribution in [-0.2, 0) is 0 Å². The van der Waals surface area contributed by atoms with Crippen molar-refractivity contribution in [2.45, 2.75) is 70.8 Å². The molecule has 2 fully saturated rings. The average molecular weight is 224 g/mol. The third-order valence-corrected chi connectivity index (χ3v) is 5.00. The molecule has 3 atom stereocenters. The second-order valence-corrected chi connectivity index (χ2v) is 6.01. The molecule has 2 saturated carbocycles. The van der Waals surface area contributed by atoms with Crippen molar-refractivity contribution < 1.29 is 0 Å². The average Bonchev–Trinajstić information content (AvgIpc) is 2.96. The Balaban J connectivity index is 1.80. The molecule has 2 rings (SSSR count). The highest BCUT2D eigenvalue weighted by Crippen LogP contribution is 2.38. The smallest absolute Gasteiger partial charge is 0.0241 e. The van der Waals surface area contributed by atoms with Crippen LogP contribution in [0.1, 0.15) is 64.7 Å². The van der Waals surface area contributed by atoms with Crippen molar-refractivity contribution >= 4 is 0 Å². The summed E-state index contributed by atoms with van der Waals surface area (Å²) in [4.78, 5) is 0. The largest absolute Gasteiger partial charge is 0.271 e. The first-order chi connectivity index (χ1) is 7.83. The van der Waals surface area contributed by atoms with Gasteiger partial charge in [-0.1, -0.05) is 45.4 Å². The number of nitrogens with two attached hydrogens (primary N) is 1. The first-order valence-corrected chi connectivity index (χ1v) is 7.29.